The van der Waals surface area contributed by atoms with E-state index >= 15 is 0 Å². The van der Waals surface area contributed by atoms with Crippen LogP contribution >= 0.6 is 31.9 Å². The fraction of sp³-hybridized carbons (Fsp3) is 0.625. The fourth-order valence-electron chi connectivity index (χ4n) is 3.73. The Balaban J connectivity index is 1.91. The lowest BCUT2D eigenvalue weighted by Crippen LogP contribution is -2.27. The van der Waals surface area contributed by atoms with Crippen LogP contribution in [0.25, 0.3) is 0 Å². The first kappa shape index (κ1) is 13.9. The molecule has 0 radical (unpaired) electrons. The Bertz CT molecular complexity index is 438. The molecule has 19 heavy (non-hydrogen) atoms. The summed E-state index contributed by atoms with van der Waals surface area (Å²) >= 11 is 7.48. The molecule has 0 aromatic heterocycles. The number of para-hydroxylation sites is 1. The second kappa shape index (κ2) is 6.17. The van der Waals surface area contributed by atoms with Crippen LogP contribution in [-0.2, 0) is 0 Å². The summed E-state index contributed by atoms with van der Waals surface area (Å²) < 4.78 is 1.20. The van der Waals surface area contributed by atoms with E-state index in [1.54, 1.807) is 0 Å². The van der Waals surface area contributed by atoms with Gasteiger partial charge in [0.1, 0.15) is 0 Å². The van der Waals surface area contributed by atoms with Crippen molar-refractivity contribution in [1.82, 2.24) is 0 Å². The van der Waals surface area contributed by atoms with E-state index in [0.29, 0.717) is 4.95 Å². The molecule has 1 aliphatic heterocycles. The third kappa shape index (κ3) is 3.02. The number of rotatable bonds is 1. The molecule has 1 saturated carbocycles. The summed E-state index contributed by atoms with van der Waals surface area (Å²) in [6, 6.07) is 6.64. The standard InChI is InChI=1S/C16H21Br2N/c17-14-9-5-8-12-13(10-15(18)19-16(12)14)11-6-3-1-2-4-7-11/h5,8-9,11,13,15,19H,1-4,6-7,10H2. The van der Waals surface area contributed by atoms with Crippen molar-refractivity contribution in [2.45, 2.75) is 55.8 Å². The molecule has 0 spiro atoms. The molecule has 1 aromatic carbocycles. The molecule has 0 bridgehead atoms. The molecule has 1 aliphatic carbocycles. The van der Waals surface area contributed by atoms with Crippen molar-refractivity contribution in [3.8, 4) is 0 Å². The van der Waals surface area contributed by atoms with Gasteiger partial charge in [-0.05, 0) is 58.7 Å². The van der Waals surface area contributed by atoms with Gasteiger partial charge in [0, 0.05) is 4.47 Å². The highest BCUT2D eigenvalue weighted by Gasteiger charge is 2.32. The van der Waals surface area contributed by atoms with Gasteiger partial charge in [-0.1, -0.05) is 53.7 Å². The Morgan fingerprint density at radius 2 is 1.79 bits per heavy atom. The monoisotopic (exact) mass is 385 g/mol. The summed E-state index contributed by atoms with van der Waals surface area (Å²) in [7, 11) is 0. The predicted molar refractivity (Wildman–Crippen MR) is 89.0 cm³/mol. The molecule has 104 valence electrons. The Labute approximate surface area is 132 Å². The van der Waals surface area contributed by atoms with E-state index in [1.807, 2.05) is 0 Å². The topological polar surface area (TPSA) is 12.0 Å². The SMILES string of the molecule is Brc1cccc2c1NC(Br)CC2C1CCCCCC1. The van der Waals surface area contributed by atoms with Crippen LogP contribution in [0.2, 0.25) is 0 Å². The van der Waals surface area contributed by atoms with Crippen molar-refractivity contribution in [2.24, 2.45) is 5.92 Å². The predicted octanol–water partition coefficient (Wildman–Crippen LogP) is 6.04. The molecule has 1 N–H and O–H groups in total. The molecular formula is C16H21Br2N. The summed E-state index contributed by atoms with van der Waals surface area (Å²) in [6.07, 6.45) is 9.76. The molecule has 2 unspecified atom stereocenters. The van der Waals surface area contributed by atoms with Crippen molar-refractivity contribution in [2.75, 3.05) is 5.32 Å². The molecule has 0 amide bonds. The van der Waals surface area contributed by atoms with Gasteiger partial charge < -0.3 is 5.32 Å². The van der Waals surface area contributed by atoms with E-state index in [-0.39, 0.29) is 0 Å². The molecule has 3 rings (SSSR count). The first-order chi connectivity index (χ1) is 9.25. The minimum atomic E-state index is 0.409. The third-order valence-electron chi connectivity index (χ3n) is 4.68. The van der Waals surface area contributed by atoms with Crippen molar-refractivity contribution < 1.29 is 0 Å². The van der Waals surface area contributed by atoms with Crippen molar-refractivity contribution in [3.63, 3.8) is 0 Å². The summed E-state index contributed by atoms with van der Waals surface area (Å²) in [6.45, 7) is 0. The minimum Gasteiger partial charge on any atom is -0.372 e. The van der Waals surface area contributed by atoms with Gasteiger partial charge in [-0.2, -0.15) is 0 Å². The van der Waals surface area contributed by atoms with E-state index in [1.165, 1.54) is 60.7 Å². The Kier molecular flexibility index (Phi) is 4.53. The number of benzene rings is 1. The number of halogens is 2. The molecular weight excluding hydrogens is 366 g/mol. The van der Waals surface area contributed by atoms with Gasteiger partial charge in [0.25, 0.3) is 0 Å². The molecule has 1 fully saturated rings. The highest BCUT2D eigenvalue weighted by molar-refractivity contribution is 9.10. The first-order valence-electron chi connectivity index (χ1n) is 7.44. The maximum Gasteiger partial charge on any atom is 0.0824 e. The van der Waals surface area contributed by atoms with Crippen LogP contribution in [-0.4, -0.2) is 4.95 Å². The maximum absolute atomic E-state index is 3.79. The van der Waals surface area contributed by atoms with E-state index in [0.717, 1.165) is 11.8 Å². The van der Waals surface area contributed by atoms with Gasteiger partial charge in [0.15, 0.2) is 0 Å². The average molecular weight is 387 g/mol. The number of hydrogen-bond donors (Lipinski definition) is 1. The first-order valence-corrected chi connectivity index (χ1v) is 9.15. The number of hydrogen-bond acceptors (Lipinski definition) is 1. The van der Waals surface area contributed by atoms with Gasteiger partial charge in [0.2, 0.25) is 0 Å². The number of anilines is 1. The second-order valence-corrected chi connectivity index (χ2v) is 7.87. The van der Waals surface area contributed by atoms with Crippen molar-refractivity contribution in [1.29, 1.82) is 0 Å². The highest BCUT2D eigenvalue weighted by atomic mass is 79.9. The lowest BCUT2D eigenvalue weighted by atomic mass is 9.77. The molecule has 1 aromatic rings. The molecule has 3 heteroatoms. The summed E-state index contributed by atoms with van der Waals surface area (Å²) in [5.41, 5.74) is 2.84. The largest absolute Gasteiger partial charge is 0.372 e. The lowest BCUT2D eigenvalue weighted by molar-refractivity contribution is 0.356. The average Bonchev–Trinajstić information content (AvgIpc) is 2.68. The number of nitrogens with one attached hydrogen (secondary N) is 1. The smallest absolute Gasteiger partial charge is 0.0824 e. The van der Waals surface area contributed by atoms with E-state index < -0.39 is 0 Å². The van der Waals surface area contributed by atoms with Crippen molar-refractivity contribution >= 4 is 37.5 Å². The second-order valence-electron chi connectivity index (χ2n) is 5.91. The third-order valence-corrected chi connectivity index (χ3v) is 5.94. The van der Waals surface area contributed by atoms with Crippen LogP contribution in [0, 0.1) is 5.92 Å². The fourth-order valence-corrected chi connectivity index (χ4v) is 4.85. The quantitative estimate of drug-likeness (QED) is 0.352. The van der Waals surface area contributed by atoms with Gasteiger partial charge in [-0.15, -0.1) is 0 Å². The molecule has 2 atom stereocenters. The molecule has 2 aliphatic rings. The lowest BCUT2D eigenvalue weighted by Gasteiger charge is -2.36. The van der Waals surface area contributed by atoms with Gasteiger partial charge in [-0.25, -0.2) is 0 Å². The molecule has 1 heterocycles. The van der Waals surface area contributed by atoms with Gasteiger partial charge in [-0.3, -0.25) is 0 Å². The molecule has 0 saturated heterocycles. The van der Waals surface area contributed by atoms with E-state index in [2.05, 4.69) is 55.4 Å². The maximum atomic E-state index is 3.79. The van der Waals surface area contributed by atoms with E-state index in [9.17, 15) is 0 Å². The number of alkyl halides is 1. The minimum absolute atomic E-state index is 0.409. The number of fused-ring (bicyclic) bond motifs is 1. The highest BCUT2D eigenvalue weighted by Crippen LogP contribution is 2.46. The summed E-state index contributed by atoms with van der Waals surface area (Å²) in [4.78, 5) is 0.409. The van der Waals surface area contributed by atoms with E-state index in [4.69, 9.17) is 0 Å². The molecule has 1 nitrogen and oxygen atoms in total. The van der Waals surface area contributed by atoms with Crippen molar-refractivity contribution in [3.05, 3.63) is 28.2 Å². The van der Waals surface area contributed by atoms with Crippen LogP contribution in [0.4, 0.5) is 5.69 Å². The van der Waals surface area contributed by atoms with Crippen LogP contribution in [0.1, 0.15) is 56.4 Å². The van der Waals surface area contributed by atoms with Crippen LogP contribution in [0.5, 0.6) is 0 Å². The summed E-state index contributed by atoms with van der Waals surface area (Å²) in [5.74, 6) is 1.59. The van der Waals surface area contributed by atoms with Gasteiger partial charge in [0.05, 0.1) is 10.6 Å². The zero-order valence-corrected chi connectivity index (χ0v) is 14.3. The van der Waals surface area contributed by atoms with Crippen LogP contribution in [0.15, 0.2) is 22.7 Å². The zero-order valence-electron chi connectivity index (χ0n) is 11.2. The summed E-state index contributed by atoms with van der Waals surface area (Å²) in [5, 5.41) is 3.58. The van der Waals surface area contributed by atoms with Gasteiger partial charge >= 0.3 is 0 Å². The Morgan fingerprint density at radius 1 is 1.05 bits per heavy atom. The van der Waals surface area contributed by atoms with Crippen LogP contribution in [0.3, 0.4) is 0 Å². The zero-order chi connectivity index (χ0) is 13.2. The Hall–Kier alpha value is -0.0200. The normalized spacial score (nSPS) is 28.3. The van der Waals surface area contributed by atoms with Crippen LogP contribution < -0.4 is 5.32 Å². The Morgan fingerprint density at radius 3 is 2.53 bits per heavy atom.